The maximum absolute atomic E-state index is 14.4. The van der Waals surface area contributed by atoms with Crippen LogP contribution in [-0.2, 0) is 20.9 Å². The number of benzene rings is 1. The Hall–Kier alpha value is -3.09. The summed E-state index contributed by atoms with van der Waals surface area (Å²) in [6, 6.07) is 3.79. The minimum absolute atomic E-state index is 0.0570. The summed E-state index contributed by atoms with van der Waals surface area (Å²) in [5, 5.41) is 15.9. The largest absolute Gasteiger partial charge is 0.493 e. The van der Waals surface area contributed by atoms with E-state index in [1.54, 1.807) is 26.3 Å². The molecule has 2 heterocycles. The first kappa shape index (κ1) is 31.8. The Kier molecular flexibility index (Phi) is 9.89. The smallest absolute Gasteiger partial charge is 0.258 e. The number of hydrogen-bond donors (Lipinski definition) is 4. The van der Waals surface area contributed by atoms with Crippen molar-refractivity contribution in [1.82, 2.24) is 20.5 Å². The zero-order valence-corrected chi connectivity index (χ0v) is 25.6. The van der Waals surface area contributed by atoms with Crippen molar-refractivity contribution in [3.63, 3.8) is 0 Å². The second-order valence-electron chi connectivity index (χ2n) is 12.3. The molecule has 2 aliphatic rings. The van der Waals surface area contributed by atoms with Crippen LogP contribution in [0.2, 0.25) is 0 Å². The number of carbonyl (C=O) groups excluding carboxylic acids is 3. The van der Waals surface area contributed by atoms with E-state index in [1.807, 2.05) is 25.1 Å². The number of nitrogens with two attached hydrogens (primary N) is 1. The number of ether oxygens (including phenoxy) is 1. The summed E-state index contributed by atoms with van der Waals surface area (Å²) in [7, 11) is 0. The average molecular weight is 604 g/mol. The predicted octanol–water partition coefficient (Wildman–Crippen LogP) is 2.85. The molecule has 12 heteroatoms. The summed E-state index contributed by atoms with van der Waals surface area (Å²) >= 11 is 1.54. The molecule has 0 spiro atoms. The Morgan fingerprint density at radius 3 is 2.64 bits per heavy atom. The van der Waals surface area contributed by atoms with Gasteiger partial charge in [-0.25, -0.2) is 9.37 Å². The van der Waals surface area contributed by atoms with Crippen molar-refractivity contribution in [3.8, 4) is 16.2 Å². The first-order chi connectivity index (χ1) is 19.8. The van der Waals surface area contributed by atoms with E-state index >= 15 is 0 Å². The molecule has 1 saturated carbocycles. The number of hydrogen-bond acceptors (Lipinski definition) is 8. The SMILES string of the molecule is Cc1ncsc1-c1ccc(CNC(=O)[C@@H]2C[C@@H](O)CN2C(=O)[C@@H](NC(=O)C2(F)CC2)C(C)(C)C)c(OCCCCN)c1. The molecule has 0 unspecified atom stereocenters. The van der Waals surface area contributed by atoms with Gasteiger partial charge in [0.2, 0.25) is 11.8 Å². The molecule has 2 fully saturated rings. The highest BCUT2D eigenvalue weighted by molar-refractivity contribution is 7.13. The predicted molar refractivity (Wildman–Crippen MR) is 159 cm³/mol. The van der Waals surface area contributed by atoms with Gasteiger partial charge in [-0.1, -0.05) is 32.9 Å². The molecule has 1 aromatic heterocycles. The Morgan fingerprint density at radius 1 is 1.29 bits per heavy atom. The molecule has 42 heavy (non-hydrogen) atoms. The molecule has 3 amide bonds. The highest BCUT2D eigenvalue weighted by atomic mass is 32.1. The lowest BCUT2D eigenvalue weighted by Crippen LogP contribution is -2.59. The van der Waals surface area contributed by atoms with Crippen LogP contribution in [0, 0.1) is 12.3 Å². The normalized spacial score (nSPS) is 20.2. The minimum atomic E-state index is -1.94. The molecule has 3 atom stereocenters. The van der Waals surface area contributed by atoms with Gasteiger partial charge >= 0.3 is 0 Å². The molecular weight excluding hydrogens is 561 g/mol. The van der Waals surface area contributed by atoms with Crippen LogP contribution in [0.15, 0.2) is 23.7 Å². The van der Waals surface area contributed by atoms with Gasteiger partial charge in [-0.2, -0.15) is 0 Å². The van der Waals surface area contributed by atoms with Crippen molar-refractivity contribution >= 4 is 29.1 Å². The maximum Gasteiger partial charge on any atom is 0.258 e. The number of aliphatic hydroxyl groups is 1. The molecule has 1 aliphatic carbocycles. The minimum Gasteiger partial charge on any atom is -0.493 e. The van der Waals surface area contributed by atoms with E-state index in [1.165, 1.54) is 16.2 Å². The number of nitrogens with one attached hydrogen (secondary N) is 2. The van der Waals surface area contributed by atoms with E-state index in [2.05, 4.69) is 15.6 Å². The number of aromatic nitrogens is 1. The van der Waals surface area contributed by atoms with E-state index in [9.17, 15) is 23.9 Å². The summed E-state index contributed by atoms with van der Waals surface area (Å²) in [4.78, 5) is 46.3. The molecule has 0 radical (unpaired) electrons. The molecule has 2 aromatic rings. The van der Waals surface area contributed by atoms with Gasteiger partial charge in [0, 0.05) is 25.1 Å². The lowest BCUT2D eigenvalue weighted by Gasteiger charge is -2.35. The summed E-state index contributed by atoms with van der Waals surface area (Å²) < 4.78 is 20.5. The third-order valence-corrected chi connectivity index (χ3v) is 8.71. The number of alkyl halides is 1. The molecule has 230 valence electrons. The number of aryl methyl sites for hydroxylation is 1. The fraction of sp³-hybridized carbons (Fsp3) is 0.600. The quantitative estimate of drug-likeness (QED) is 0.273. The Balaban J connectivity index is 1.48. The highest BCUT2D eigenvalue weighted by Gasteiger charge is 2.53. The number of nitrogens with zero attached hydrogens (tertiary/aromatic N) is 2. The van der Waals surface area contributed by atoms with Gasteiger partial charge in [0.15, 0.2) is 5.67 Å². The number of likely N-dealkylation sites (tertiary alicyclic amines) is 1. The van der Waals surface area contributed by atoms with Crippen LogP contribution in [0.3, 0.4) is 0 Å². The van der Waals surface area contributed by atoms with E-state index in [4.69, 9.17) is 10.5 Å². The third kappa shape index (κ3) is 7.45. The average Bonchev–Trinajstić information content (AvgIpc) is 3.35. The molecule has 5 N–H and O–H groups in total. The van der Waals surface area contributed by atoms with Crippen molar-refractivity contribution in [3.05, 3.63) is 35.0 Å². The number of aliphatic hydroxyl groups excluding tert-OH is 1. The van der Waals surface area contributed by atoms with Crippen LogP contribution in [0.25, 0.3) is 10.4 Å². The molecule has 4 rings (SSSR count). The van der Waals surface area contributed by atoms with Crippen LogP contribution in [-0.4, -0.2) is 76.3 Å². The molecule has 10 nitrogen and oxygen atoms in total. The van der Waals surface area contributed by atoms with Gasteiger partial charge in [-0.05, 0) is 56.2 Å². The summed E-state index contributed by atoms with van der Waals surface area (Å²) in [5.74, 6) is -1.13. The fourth-order valence-corrected chi connectivity index (χ4v) is 5.80. The van der Waals surface area contributed by atoms with Crippen LogP contribution in [0.1, 0.15) is 64.1 Å². The molecular formula is C30H42FN5O5S. The van der Waals surface area contributed by atoms with Gasteiger partial charge in [0.05, 0.1) is 28.8 Å². The van der Waals surface area contributed by atoms with Crippen LogP contribution in [0.5, 0.6) is 5.75 Å². The van der Waals surface area contributed by atoms with E-state index in [-0.39, 0.29) is 32.4 Å². The first-order valence-corrected chi connectivity index (χ1v) is 15.3. The fourth-order valence-electron chi connectivity index (χ4n) is 5.00. The van der Waals surface area contributed by atoms with E-state index < -0.39 is 47.0 Å². The monoisotopic (exact) mass is 603 g/mol. The second-order valence-corrected chi connectivity index (χ2v) is 13.1. The zero-order valence-electron chi connectivity index (χ0n) is 24.7. The van der Waals surface area contributed by atoms with Crippen LogP contribution >= 0.6 is 11.3 Å². The van der Waals surface area contributed by atoms with Gasteiger partial charge in [-0.3, -0.25) is 14.4 Å². The summed E-state index contributed by atoms with van der Waals surface area (Å²) in [6.45, 7) is 8.38. The molecule has 1 aromatic carbocycles. The Bertz CT molecular complexity index is 1290. The maximum atomic E-state index is 14.4. The number of amides is 3. The van der Waals surface area contributed by atoms with Crippen molar-refractivity contribution in [1.29, 1.82) is 0 Å². The molecule has 1 aliphatic heterocycles. The topological polar surface area (TPSA) is 147 Å². The lowest BCUT2D eigenvalue weighted by atomic mass is 9.85. The number of β-amino-alcohol motifs (C(OH)–C–C–N with tert-alkyl or cyclic N) is 1. The summed E-state index contributed by atoms with van der Waals surface area (Å²) in [6.07, 6.45) is 1.03. The van der Waals surface area contributed by atoms with Crippen LogP contribution in [0.4, 0.5) is 4.39 Å². The Morgan fingerprint density at radius 2 is 2.02 bits per heavy atom. The standard InChI is InChI=1S/C30H42FN5O5S/c1-18-24(42-17-34-18)19-7-8-20(23(13-19)41-12-6-5-11-32)15-33-26(38)22-14-21(37)16-36(22)27(39)25(29(2,3)4)35-28(40)30(31)9-10-30/h7-8,13,17,21-22,25,37H,5-6,9-12,14-16,32H2,1-4H3,(H,33,38)(H,35,40)/t21-,22+,25-/m1/s1. The number of carbonyl (C=O) groups is 3. The number of halogens is 1. The van der Waals surface area contributed by atoms with Gasteiger partial charge in [0.25, 0.3) is 5.91 Å². The van der Waals surface area contributed by atoms with Crippen molar-refractivity contribution < 1.29 is 28.6 Å². The molecule has 0 bridgehead atoms. The number of unbranched alkanes of at least 4 members (excludes halogenated alkanes) is 1. The lowest BCUT2D eigenvalue weighted by molar-refractivity contribution is -0.145. The van der Waals surface area contributed by atoms with Gasteiger partial charge < -0.3 is 31.1 Å². The van der Waals surface area contributed by atoms with Gasteiger partial charge in [0.1, 0.15) is 17.8 Å². The van der Waals surface area contributed by atoms with Crippen molar-refractivity contribution in [2.45, 2.75) is 90.2 Å². The van der Waals surface area contributed by atoms with Crippen molar-refractivity contribution in [2.75, 3.05) is 19.7 Å². The zero-order chi connectivity index (χ0) is 30.7. The van der Waals surface area contributed by atoms with Crippen molar-refractivity contribution in [2.24, 2.45) is 11.1 Å². The highest BCUT2D eigenvalue weighted by Crippen LogP contribution is 2.40. The van der Waals surface area contributed by atoms with Crippen LogP contribution < -0.4 is 21.1 Å². The number of rotatable bonds is 12. The summed E-state index contributed by atoms with van der Waals surface area (Å²) in [5.41, 5.74) is 7.37. The second kappa shape index (κ2) is 13.0. The molecule has 1 saturated heterocycles. The van der Waals surface area contributed by atoms with E-state index in [0.717, 1.165) is 34.5 Å². The van der Waals surface area contributed by atoms with Gasteiger partial charge in [-0.15, -0.1) is 11.3 Å². The Labute approximate surface area is 250 Å². The first-order valence-electron chi connectivity index (χ1n) is 14.5. The third-order valence-electron chi connectivity index (χ3n) is 7.73. The van der Waals surface area contributed by atoms with E-state index in [0.29, 0.717) is 18.9 Å². The number of thiazole rings is 1.